The van der Waals surface area contributed by atoms with Gasteiger partial charge in [0.1, 0.15) is 5.54 Å². The number of nitrogens with zero attached hydrogens (tertiary/aromatic N) is 1. The molecule has 0 aliphatic heterocycles. The lowest BCUT2D eigenvalue weighted by molar-refractivity contribution is -0.137. The van der Waals surface area contributed by atoms with Crippen molar-refractivity contribution in [1.29, 1.82) is 0 Å². The summed E-state index contributed by atoms with van der Waals surface area (Å²) < 4.78 is 40.8. The molecule has 1 N–H and O–H groups in total. The number of rotatable bonds is 7. The van der Waals surface area contributed by atoms with Crippen molar-refractivity contribution >= 4 is 17.2 Å². The Hall–Kier alpha value is -3.45. The van der Waals surface area contributed by atoms with Crippen LogP contribution in [0.25, 0.3) is 0 Å². The highest BCUT2D eigenvalue weighted by Crippen LogP contribution is 2.37. The van der Waals surface area contributed by atoms with Crippen LogP contribution in [-0.4, -0.2) is 10.9 Å². The van der Waals surface area contributed by atoms with Gasteiger partial charge in [0.15, 0.2) is 0 Å². The second kappa shape index (κ2) is 9.58. The molecule has 1 unspecified atom stereocenters. The number of benzene rings is 2. The molecule has 0 fully saturated rings. The van der Waals surface area contributed by atoms with Crippen molar-refractivity contribution in [2.75, 3.05) is 0 Å². The molecular weight excluding hydrogens is 445 g/mol. The zero-order valence-corrected chi connectivity index (χ0v) is 18.4. The summed E-state index contributed by atoms with van der Waals surface area (Å²) in [6, 6.07) is 23.4. The molecule has 0 spiro atoms. The monoisotopic (exact) mass is 466 g/mol. The zero-order valence-electron chi connectivity index (χ0n) is 17.5. The van der Waals surface area contributed by atoms with Crippen LogP contribution in [0.3, 0.4) is 0 Å². The van der Waals surface area contributed by atoms with Gasteiger partial charge in [0.25, 0.3) is 0 Å². The van der Waals surface area contributed by atoms with E-state index in [0.717, 1.165) is 22.6 Å². The van der Waals surface area contributed by atoms with Crippen molar-refractivity contribution in [1.82, 2.24) is 10.3 Å². The van der Waals surface area contributed by atoms with Crippen LogP contribution in [0, 0.1) is 0 Å². The molecule has 0 saturated carbocycles. The molecule has 2 aromatic carbocycles. The Morgan fingerprint density at radius 3 is 2.30 bits per heavy atom. The molecule has 0 bridgehead atoms. The Balaban J connectivity index is 1.87. The SMILES string of the molecule is O=C(Cc1cccs1)NC(Cc1ccccc1)(c1cccc(C(F)(F)F)c1)c1ccccn1. The first-order chi connectivity index (χ1) is 15.9. The number of halogens is 3. The summed E-state index contributed by atoms with van der Waals surface area (Å²) in [5, 5.41) is 4.95. The third kappa shape index (κ3) is 5.31. The summed E-state index contributed by atoms with van der Waals surface area (Å²) in [6.07, 6.45) is -2.57. The maximum Gasteiger partial charge on any atom is 0.416 e. The molecule has 3 nitrogen and oxygen atoms in total. The lowest BCUT2D eigenvalue weighted by Gasteiger charge is -2.36. The topological polar surface area (TPSA) is 42.0 Å². The van der Waals surface area contributed by atoms with Gasteiger partial charge in [-0.05, 0) is 46.8 Å². The fourth-order valence-electron chi connectivity index (χ4n) is 3.85. The van der Waals surface area contributed by atoms with Crippen LogP contribution < -0.4 is 5.32 Å². The fourth-order valence-corrected chi connectivity index (χ4v) is 4.56. The summed E-state index contributed by atoms with van der Waals surface area (Å²) in [7, 11) is 0. The van der Waals surface area contributed by atoms with Gasteiger partial charge in [-0.2, -0.15) is 13.2 Å². The van der Waals surface area contributed by atoms with Gasteiger partial charge in [0.2, 0.25) is 5.91 Å². The summed E-state index contributed by atoms with van der Waals surface area (Å²) in [6.45, 7) is 0. The van der Waals surface area contributed by atoms with E-state index in [2.05, 4.69) is 10.3 Å². The second-order valence-electron chi connectivity index (χ2n) is 7.67. The van der Waals surface area contributed by atoms with E-state index < -0.39 is 17.3 Å². The van der Waals surface area contributed by atoms with Gasteiger partial charge in [0, 0.05) is 17.5 Å². The Labute approximate surface area is 193 Å². The first-order valence-electron chi connectivity index (χ1n) is 10.3. The highest BCUT2D eigenvalue weighted by Gasteiger charge is 2.40. The molecule has 0 aliphatic carbocycles. The van der Waals surface area contributed by atoms with E-state index in [0.29, 0.717) is 11.3 Å². The van der Waals surface area contributed by atoms with Crippen LogP contribution in [0.15, 0.2) is 96.5 Å². The molecule has 0 radical (unpaired) electrons. The fraction of sp³-hybridized carbons (Fsp3) is 0.154. The lowest BCUT2D eigenvalue weighted by Crippen LogP contribution is -2.49. The van der Waals surface area contributed by atoms with Gasteiger partial charge in [0.05, 0.1) is 17.7 Å². The molecule has 7 heteroatoms. The standard InChI is InChI=1S/C26H21F3N2OS/c27-26(28,29)21-11-6-10-20(16-21)25(23-13-4-5-14-30-23,18-19-8-2-1-3-9-19)31-24(32)17-22-12-7-15-33-22/h1-16H,17-18H2,(H,31,32). The Kier molecular flexibility index (Phi) is 6.60. The van der Waals surface area contributed by atoms with Gasteiger partial charge in [-0.3, -0.25) is 9.78 Å². The van der Waals surface area contributed by atoms with Crippen molar-refractivity contribution in [3.05, 3.63) is 124 Å². The highest BCUT2D eigenvalue weighted by molar-refractivity contribution is 7.10. The molecule has 2 aromatic heterocycles. The average Bonchev–Trinajstić information content (AvgIpc) is 3.32. The van der Waals surface area contributed by atoms with Crippen LogP contribution in [-0.2, 0) is 29.4 Å². The third-order valence-electron chi connectivity index (χ3n) is 5.36. The van der Waals surface area contributed by atoms with Crippen LogP contribution in [0.2, 0.25) is 0 Å². The Morgan fingerprint density at radius 2 is 1.64 bits per heavy atom. The number of carbonyl (C=O) groups excluding carboxylic acids is 1. The van der Waals surface area contributed by atoms with Crippen LogP contribution in [0.4, 0.5) is 13.2 Å². The first-order valence-corrected chi connectivity index (χ1v) is 11.2. The summed E-state index contributed by atoms with van der Waals surface area (Å²) in [4.78, 5) is 18.5. The number of amides is 1. The normalized spacial score (nSPS) is 13.3. The van der Waals surface area contributed by atoms with Crippen LogP contribution >= 0.6 is 11.3 Å². The lowest BCUT2D eigenvalue weighted by atomic mass is 9.79. The molecule has 33 heavy (non-hydrogen) atoms. The van der Waals surface area contributed by atoms with Gasteiger partial charge < -0.3 is 5.32 Å². The molecule has 1 amide bonds. The van der Waals surface area contributed by atoms with Crippen molar-refractivity contribution < 1.29 is 18.0 Å². The third-order valence-corrected chi connectivity index (χ3v) is 6.24. The Bertz CT molecular complexity index is 1200. The van der Waals surface area contributed by atoms with E-state index in [9.17, 15) is 18.0 Å². The Morgan fingerprint density at radius 1 is 0.879 bits per heavy atom. The van der Waals surface area contributed by atoms with Gasteiger partial charge in [-0.25, -0.2) is 0 Å². The molecule has 4 aromatic rings. The van der Waals surface area contributed by atoms with Crippen molar-refractivity contribution in [3.63, 3.8) is 0 Å². The van der Waals surface area contributed by atoms with E-state index >= 15 is 0 Å². The summed E-state index contributed by atoms with van der Waals surface area (Å²) in [5.41, 5.74) is -0.428. The number of hydrogen-bond donors (Lipinski definition) is 1. The predicted molar refractivity (Wildman–Crippen MR) is 123 cm³/mol. The van der Waals surface area contributed by atoms with E-state index in [1.54, 1.807) is 30.5 Å². The smallest absolute Gasteiger partial charge is 0.340 e. The maximum absolute atomic E-state index is 13.6. The molecule has 0 aliphatic rings. The number of carbonyl (C=O) groups is 1. The number of hydrogen-bond acceptors (Lipinski definition) is 3. The van der Waals surface area contributed by atoms with E-state index in [-0.39, 0.29) is 18.7 Å². The largest absolute Gasteiger partial charge is 0.416 e. The highest BCUT2D eigenvalue weighted by atomic mass is 32.1. The van der Waals surface area contributed by atoms with Gasteiger partial charge in [-0.15, -0.1) is 11.3 Å². The predicted octanol–water partition coefficient (Wildman–Crippen LogP) is 6.01. The van der Waals surface area contributed by atoms with E-state index in [1.165, 1.54) is 17.4 Å². The minimum absolute atomic E-state index is 0.125. The summed E-state index contributed by atoms with van der Waals surface area (Å²) >= 11 is 1.45. The van der Waals surface area contributed by atoms with Crippen molar-refractivity contribution in [2.45, 2.75) is 24.6 Å². The maximum atomic E-state index is 13.6. The summed E-state index contributed by atoms with van der Waals surface area (Å²) in [5.74, 6) is -0.295. The van der Waals surface area contributed by atoms with Crippen molar-refractivity contribution in [2.24, 2.45) is 0 Å². The first kappa shape index (κ1) is 22.7. The molecule has 2 heterocycles. The molecule has 1 atom stereocenters. The number of alkyl halides is 3. The number of pyridine rings is 1. The van der Waals surface area contributed by atoms with Gasteiger partial charge in [-0.1, -0.05) is 54.6 Å². The molecule has 168 valence electrons. The minimum Gasteiger partial charge on any atom is -0.340 e. The van der Waals surface area contributed by atoms with E-state index in [4.69, 9.17) is 0 Å². The van der Waals surface area contributed by atoms with Crippen molar-refractivity contribution in [3.8, 4) is 0 Å². The number of aromatic nitrogens is 1. The minimum atomic E-state index is -4.51. The second-order valence-corrected chi connectivity index (χ2v) is 8.70. The molecule has 0 saturated heterocycles. The quantitative estimate of drug-likeness (QED) is 0.363. The van der Waals surface area contributed by atoms with Crippen LogP contribution in [0.1, 0.15) is 27.3 Å². The molecule has 4 rings (SSSR count). The average molecular weight is 467 g/mol. The van der Waals surface area contributed by atoms with Crippen LogP contribution in [0.5, 0.6) is 0 Å². The molecular formula is C26H21F3N2OS. The van der Waals surface area contributed by atoms with E-state index in [1.807, 2.05) is 47.8 Å². The zero-order chi connectivity index (χ0) is 23.3. The number of thiophene rings is 1. The number of nitrogens with one attached hydrogen (secondary N) is 1. The van der Waals surface area contributed by atoms with Gasteiger partial charge >= 0.3 is 6.18 Å².